The molecule has 0 spiro atoms. The zero-order valence-electron chi connectivity index (χ0n) is 7.50. The van der Waals surface area contributed by atoms with E-state index < -0.39 is 0 Å². The summed E-state index contributed by atoms with van der Waals surface area (Å²) in [7, 11) is 1.33. The lowest BCUT2D eigenvalue weighted by atomic mass is 10.1. The van der Waals surface area contributed by atoms with Crippen molar-refractivity contribution in [1.29, 1.82) is 0 Å². The molecule has 0 fully saturated rings. The van der Waals surface area contributed by atoms with Crippen LogP contribution in [0, 0.1) is 13.5 Å². The van der Waals surface area contributed by atoms with Gasteiger partial charge in [0.15, 0.2) is 5.69 Å². The van der Waals surface area contributed by atoms with Crippen LogP contribution in [0.1, 0.15) is 15.9 Å². The van der Waals surface area contributed by atoms with Crippen molar-refractivity contribution < 1.29 is 9.53 Å². The smallest absolute Gasteiger partial charge is 0.337 e. The lowest BCUT2D eigenvalue weighted by Gasteiger charge is -2.01. The molecule has 0 radical (unpaired) electrons. The summed E-state index contributed by atoms with van der Waals surface area (Å²) in [6, 6.07) is 4.86. The van der Waals surface area contributed by atoms with Crippen molar-refractivity contribution in [3.63, 3.8) is 0 Å². The van der Waals surface area contributed by atoms with Crippen LogP contribution in [0.15, 0.2) is 18.2 Å². The average molecular weight is 175 g/mol. The number of hydrogen-bond donors (Lipinski definition) is 0. The molecule has 0 amide bonds. The summed E-state index contributed by atoms with van der Waals surface area (Å²) in [5, 5.41) is 0. The lowest BCUT2D eigenvalue weighted by Crippen LogP contribution is -2.00. The summed E-state index contributed by atoms with van der Waals surface area (Å²) in [4.78, 5) is 14.4. The van der Waals surface area contributed by atoms with Crippen molar-refractivity contribution in [2.75, 3.05) is 7.11 Å². The van der Waals surface area contributed by atoms with Crippen molar-refractivity contribution in [3.8, 4) is 0 Å². The second kappa shape index (κ2) is 3.72. The molecule has 0 aliphatic heterocycles. The van der Waals surface area contributed by atoms with Crippen molar-refractivity contribution in [1.82, 2.24) is 0 Å². The highest BCUT2D eigenvalue weighted by Gasteiger charge is 2.06. The molecule has 1 aromatic rings. The Kier molecular flexibility index (Phi) is 2.65. The summed E-state index contributed by atoms with van der Waals surface area (Å²) >= 11 is 0. The Morgan fingerprint density at radius 3 is 2.69 bits per heavy atom. The monoisotopic (exact) mass is 175 g/mol. The first-order chi connectivity index (χ1) is 6.19. The Bertz CT molecular complexity index is 377. The molecule has 0 atom stereocenters. The molecule has 1 aromatic carbocycles. The molecule has 3 heteroatoms. The van der Waals surface area contributed by atoms with Gasteiger partial charge in [-0.15, -0.1) is 0 Å². The van der Waals surface area contributed by atoms with Gasteiger partial charge in [-0.25, -0.2) is 9.64 Å². The minimum Gasteiger partial charge on any atom is -0.465 e. The van der Waals surface area contributed by atoms with Gasteiger partial charge in [0.1, 0.15) is 0 Å². The second-order valence-corrected chi connectivity index (χ2v) is 2.60. The molecule has 0 heterocycles. The zero-order chi connectivity index (χ0) is 9.84. The van der Waals surface area contributed by atoms with Crippen LogP contribution in [-0.4, -0.2) is 13.1 Å². The Balaban J connectivity index is 3.11. The van der Waals surface area contributed by atoms with Gasteiger partial charge in [0, 0.05) is 0 Å². The molecule has 66 valence electrons. The van der Waals surface area contributed by atoms with Gasteiger partial charge in [-0.05, 0) is 12.5 Å². The maximum absolute atomic E-state index is 11.1. The second-order valence-electron chi connectivity index (χ2n) is 2.60. The summed E-state index contributed by atoms with van der Waals surface area (Å²) in [5.74, 6) is -0.375. The van der Waals surface area contributed by atoms with Gasteiger partial charge in [-0.2, -0.15) is 0 Å². The quantitative estimate of drug-likeness (QED) is 0.484. The van der Waals surface area contributed by atoms with Gasteiger partial charge >= 0.3 is 5.97 Å². The summed E-state index contributed by atoms with van der Waals surface area (Å²) in [6.07, 6.45) is 0. The van der Waals surface area contributed by atoms with Crippen LogP contribution in [0.25, 0.3) is 4.85 Å². The van der Waals surface area contributed by atoms with Crippen LogP contribution in [-0.2, 0) is 4.74 Å². The van der Waals surface area contributed by atoms with Gasteiger partial charge in [-0.1, -0.05) is 18.2 Å². The first-order valence-electron chi connectivity index (χ1n) is 3.75. The van der Waals surface area contributed by atoms with E-state index in [0.29, 0.717) is 11.3 Å². The van der Waals surface area contributed by atoms with Crippen molar-refractivity contribution in [2.45, 2.75) is 6.92 Å². The Hall–Kier alpha value is -1.82. The van der Waals surface area contributed by atoms with Gasteiger partial charge in [0.2, 0.25) is 0 Å². The molecule has 0 unspecified atom stereocenters. The number of rotatable bonds is 1. The van der Waals surface area contributed by atoms with Crippen LogP contribution in [0.3, 0.4) is 0 Å². The topological polar surface area (TPSA) is 30.7 Å². The van der Waals surface area contributed by atoms with Crippen LogP contribution < -0.4 is 0 Å². The molecule has 0 saturated heterocycles. The van der Waals surface area contributed by atoms with Crippen molar-refractivity contribution in [3.05, 3.63) is 40.7 Å². The number of carbonyl (C=O) groups excluding carboxylic acids is 1. The maximum Gasteiger partial charge on any atom is 0.337 e. The minimum absolute atomic E-state index is 0.375. The number of nitrogens with zero attached hydrogens (tertiary/aromatic N) is 1. The number of benzene rings is 1. The largest absolute Gasteiger partial charge is 0.465 e. The first kappa shape index (κ1) is 9.27. The van der Waals surface area contributed by atoms with Crippen molar-refractivity contribution >= 4 is 11.7 Å². The molecule has 13 heavy (non-hydrogen) atoms. The zero-order valence-corrected chi connectivity index (χ0v) is 7.50. The first-order valence-corrected chi connectivity index (χ1v) is 3.75. The van der Waals surface area contributed by atoms with E-state index in [-0.39, 0.29) is 5.97 Å². The van der Waals surface area contributed by atoms with Crippen molar-refractivity contribution in [2.24, 2.45) is 0 Å². The normalized spacial score (nSPS) is 9.00. The number of ether oxygens (including phenoxy) is 1. The minimum atomic E-state index is -0.375. The highest BCUT2D eigenvalue weighted by Crippen LogP contribution is 2.19. The SMILES string of the molecule is [C-]#[N+]c1ccc(C(=O)OC)cc1C. The number of carbonyl (C=O) groups is 1. The third-order valence-electron chi connectivity index (χ3n) is 1.74. The number of hydrogen-bond acceptors (Lipinski definition) is 2. The average Bonchev–Trinajstić information content (AvgIpc) is 2.16. The molecule has 0 N–H and O–H groups in total. The van der Waals surface area contributed by atoms with E-state index in [2.05, 4.69) is 9.58 Å². The molecule has 0 aliphatic carbocycles. The van der Waals surface area contributed by atoms with E-state index in [1.165, 1.54) is 7.11 Å². The number of aryl methyl sites for hydroxylation is 1. The maximum atomic E-state index is 11.1. The van der Waals surface area contributed by atoms with Crippen LogP contribution in [0.4, 0.5) is 5.69 Å². The van der Waals surface area contributed by atoms with Crippen LogP contribution in [0.2, 0.25) is 0 Å². The molecular weight excluding hydrogens is 166 g/mol. The number of esters is 1. The molecule has 0 aromatic heterocycles. The van der Waals surface area contributed by atoms with Gasteiger partial charge in [0.25, 0.3) is 0 Å². The molecule has 3 nitrogen and oxygen atoms in total. The fraction of sp³-hybridized carbons (Fsp3) is 0.200. The predicted octanol–water partition coefficient (Wildman–Crippen LogP) is 2.33. The summed E-state index contributed by atoms with van der Waals surface area (Å²) in [6.45, 7) is 8.61. The van der Waals surface area contributed by atoms with Gasteiger partial charge < -0.3 is 4.74 Å². The fourth-order valence-electron chi connectivity index (χ4n) is 1.03. The van der Waals surface area contributed by atoms with E-state index in [1.54, 1.807) is 25.1 Å². The van der Waals surface area contributed by atoms with E-state index in [9.17, 15) is 4.79 Å². The van der Waals surface area contributed by atoms with Crippen LogP contribution >= 0.6 is 0 Å². The molecule has 0 saturated carbocycles. The Morgan fingerprint density at radius 2 is 2.23 bits per heavy atom. The summed E-state index contributed by atoms with van der Waals surface area (Å²) < 4.78 is 4.55. The van der Waals surface area contributed by atoms with E-state index >= 15 is 0 Å². The number of methoxy groups -OCH3 is 1. The van der Waals surface area contributed by atoms with Gasteiger partial charge in [0.05, 0.1) is 19.2 Å². The lowest BCUT2D eigenvalue weighted by molar-refractivity contribution is 0.0600. The van der Waals surface area contributed by atoms with E-state index in [1.807, 2.05) is 0 Å². The predicted molar refractivity (Wildman–Crippen MR) is 48.8 cm³/mol. The molecule has 0 bridgehead atoms. The molecule has 0 aliphatic rings. The third-order valence-corrected chi connectivity index (χ3v) is 1.74. The third kappa shape index (κ3) is 1.85. The van der Waals surface area contributed by atoms with Crippen LogP contribution in [0.5, 0.6) is 0 Å². The Morgan fingerprint density at radius 1 is 1.54 bits per heavy atom. The molecular formula is C10H9NO2. The standard InChI is InChI=1S/C10H9NO2/c1-7-6-8(10(12)13-3)4-5-9(7)11-2/h4-6H,1,3H3. The van der Waals surface area contributed by atoms with E-state index in [4.69, 9.17) is 6.57 Å². The summed E-state index contributed by atoms with van der Waals surface area (Å²) in [5.41, 5.74) is 1.83. The fourth-order valence-corrected chi connectivity index (χ4v) is 1.03. The molecule has 1 rings (SSSR count). The Labute approximate surface area is 76.8 Å². The van der Waals surface area contributed by atoms with Gasteiger partial charge in [-0.3, -0.25) is 0 Å². The highest BCUT2D eigenvalue weighted by molar-refractivity contribution is 5.90. The van der Waals surface area contributed by atoms with E-state index in [0.717, 1.165) is 5.56 Å². The highest BCUT2D eigenvalue weighted by atomic mass is 16.5.